The summed E-state index contributed by atoms with van der Waals surface area (Å²) in [5, 5.41) is 6.32. The van der Waals surface area contributed by atoms with Gasteiger partial charge in [-0.05, 0) is 44.7 Å². The minimum atomic E-state index is 0.168. The Hall–Kier alpha value is -1.01. The van der Waals surface area contributed by atoms with Crippen LogP contribution >= 0.6 is 0 Å². The summed E-state index contributed by atoms with van der Waals surface area (Å²) in [4.78, 5) is 11.7. The standard InChI is InChI=1S/C14H24N2O/c1-3-4-5-9-16-14(17)10-12(2)13-7-6-8-15-11-13/h12-13,15H,5-11H2,1-2H3,(H,16,17). The second-order valence-electron chi connectivity index (χ2n) is 4.81. The Bertz CT molecular complexity index is 284. The van der Waals surface area contributed by atoms with Crippen molar-refractivity contribution in [3.05, 3.63) is 0 Å². The molecule has 0 aromatic carbocycles. The van der Waals surface area contributed by atoms with Gasteiger partial charge in [-0.15, -0.1) is 11.8 Å². The van der Waals surface area contributed by atoms with Crippen molar-refractivity contribution in [1.82, 2.24) is 10.6 Å². The van der Waals surface area contributed by atoms with Crippen molar-refractivity contribution >= 4 is 5.91 Å². The summed E-state index contributed by atoms with van der Waals surface area (Å²) in [6.07, 6.45) is 3.89. The van der Waals surface area contributed by atoms with E-state index in [1.165, 1.54) is 12.8 Å². The van der Waals surface area contributed by atoms with Crippen LogP contribution < -0.4 is 10.6 Å². The van der Waals surface area contributed by atoms with Crippen molar-refractivity contribution < 1.29 is 4.79 Å². The minimum Gasteiger partial charge on any atom is -0.355 e. The molecule has 0 aliphatic carbocycles. The van der Waals surface area contributed by atoms with Crippen molar-refractivity contribution in [2.45, 2.75) is 39.5 Å². The first kappa shape index (κ1) is 14.1. The van der Waals surface area contributed by atoms with Gasteiger partial charge in [-0.3, -0.25) is 4.79 Å². The van der Waals surface area contributed by atoms with Gasteiger partial charge in [0.2, 0.25) is 5.91 Å². The zero-order valence-electron chi connectivity index (χ0n) is 11.0. The highest BCUT2D eigenvalue weighted by molar-refractivity contribution is 5.76. The van der Waals surface area contributed by atoms with Gasteiger partial charge in [-0.2, -0.15) is 0 Å². The lowest BCUT2D eigenvalue weighted by atomic mass is 9.85. The van der Waals surface area contributed by atoms with E-state index in [4.69, 9.17) is 0 Å². The molecule has 1 saturated heterocycles. The summed E-state index contributed by atoms with van der Waals surface area (Å²) >= 11 is 0. The van der Waals surface area contributed by atoms with Crippen molar-refractivity contribution in [2.24, 2.45) is 11.8 Å². The molecular formula is C14H24N2O. The molecule has 1 amide bonds. The van der Waals surface area contributed by atoms with Crippen LogP contribution in [0.1, 0.15) is 39.5 Å². The van der Waals surface area contributed by atoms with E-state index >= 15 is 0 Å². The van der Waals surface area contributed by atoms with Crippen LogP contribution in [0, 0.1) is 23.7 Å². The maximum Gasteiger partial charge on any atom is 0.220 e. The highest BCUT2D eigenvalue weighted by Gasteiger charge is 2.21. The molecule has 2 N–H and O–H groups in total. The number of rotatable bonds is 5. The number of nitrogens with one attached hydrogen (secondary N) is 2. The van der Waals surface area contributed by atoms with Crippen LogP contribution in [-0.2, 0) is 4.79 Å². The average Bonchev–Trinajstić information content (AvgIpc) is 2.36. The molecule has 1 aliphatic rings. The normalized spacial score (nSPS) is 21.2. The average molecular weight is 236 g/mol. The van der Waals surface area contributed by atoms with Gasteiger partial charge >= 0.3 is 0 Å². The molecule has 0 bridgehead atoms. The number of piperidine rings is 1. The highest BCUT2D eigenvalue weighted by atomic mass is 16.1. The molecule has 1 rings (SSSR count). The predicted octanol–water partition coefficient (Wildman–Crippen LogP) is 1.54. The molecule has 3 nitrogen and oxygen atoms in total. The van der Waals surface area contributed by atoms with Gasteiger partial charge in [-0.1, -0.05) is 6.92 Å². The maximum absolute atomic E-state index is 11.7. The van der Waals surface area contributed by atoms with E-state index in [-0.39, 0.29) is 5.91 Å². The van der Waals surface area contributed by atoms with Gasteiger partial charge in [0, 0.05) is 19.4 Å². The molecule has 0 aromatic rings. The first-order valence-electron chi connectivity index (χ1n) is 6.61. The summed E-state index contributed by atoms with van der Waals surface area (Å²) in [6, 6.07) is 0. The molecule has 1 heterocycles. The van der Waals surface area contributed by atoms with E-state index < -0.39 is 0 Å². The molecule has 17 heavy (non-hydrogen) atoms. The topological polar surface area (TPSA) is 41.1 Å². The van der Waals surface area contributed by atoms with Crippen LogP contribution in [0.3, 0.4) is 0 Å². The van der Waals surface area contributed by atoms with Crippen LogP contribution in [0.2, 0.25) is 0 Å². The smallest absolute Gasteiger partial charge is 0.220 e. The summed E-state index contributed by atoms with van der Waals surface area (Å²) in [5.74, 6) is 7.07. The van der Waals surface area contributed by atoms with Crippen LogP contribution in [0.5, 0.6) is 0 Å². The molecular weight excluding hydrogens is 212 g/mol. The molecule has 2 unspecified atom stereocenters. The molecule has 0 radical (unpaired) electrons. The molecule has 0 spiro atoms. The summed E-state index contributed by atoms with van der Waals surface area (Å²) in [7, 11) is 0. The Balaban J connectivity index is 2.17. The van der Waals surface area contributed by atoms with E-state index in [0.29, 0.717) is 24.8 Å². The molecule has 2 atom stereocenters. The Morgan fingerprint density at radius 3 is 3.06 bits per heavy atom. The first-order chi connectivity index (χ1) is 8.24. The van der Waals surface area contributed by atoms with E-state index in [2.05, 4.69) is 29.4 Å². The fourth-order valence-corrected chi connectivity index (χ4v) is 2.29. The fraction of sp³-hybridized carbons (Fsp3) is 0.786. The number of hydrogen-bond donors (Lipinski definition) is 2. The lowest BCUT2D eigenvalue weighted by Crippen LogP contribution is -2.35. The summed E-state index contributed by atoms with van der Waals surface area (Å²) < 4.78 is 0. The number of amides is 1. The summed E-state index contributed by atoms with van der Waals surface area (Å²) in [6.45, 7) is 6.87. The minimum absolute atomic E-state index is 0.168. The lowest BCUT2D eigenvalue weighted by molar-refractivity contribution is -0.122. The largest absolute Gasteiger partial charge is 0.355 e. The molecule has 0 saturated carbocycles. The van der Waals surface area contributed by atoms with Crippen molar-refractivity contribution in [3.63, 3.8) is 0 Å². The van der Waals surface area contributed by atoms with Gasteiger partial charge in [-0.25, -0.2) is 0 Å². The van der Waals surface area contributed by atoms with E-state index in [0.717, 1.165) is 19.5 Å². The quantitative estimate of drug-likeness (QED) is 0.561. The molecule has 1 aliphatic heterocycles. The van der Waals surface area contributed by atoms with Gasteiger partial charge < -0.3 is 10.6 Å². The van der Waals surface area contributed by atoms with Crippen molar-refractivity contribution in [1.29, 1.82) is 0 Å². The maximum atomic E-state index is 11.7. The van der Waals surface area contributed by atoms with Crippen molar-refractivity contribution in [2.75, 3.05) is 19.6 Å². The third-order valence-corrected chi connectivity index (χ3v) is 3.40. The first-order valence-corrected chi connectivity index (χ1v) is 6.61. The Labute approximate surface area is 105 Å². The Morgan fingerprint density at radius 2 is 2.41 bits per heavy atom. The van der Waals surface area contributed by atoms with Crippen molar-refractivity contribution in [3.8, 4) is 11.8 Å². The fourth-order valence-electron chi connectivity index (χ4n) is 2.29. The third-order valence-electron chi connectivity index (χ3n) is 3.40. The van der Waals surface area contributed by atoms with Gasteiger partial charge in [0.1, 0.15) is 0 Å². The molecule has 1 fully saturated rings. The number of carbonyl (C=O) groups excluding carboxylic acids is 1. The molecule has 3 heteroatoms. The van der Waals surface area contributed by atoms with Crippen LogP contribution in [0.15, 0.2) is 0 Å². The SMILES string of the molecule is CC#CCCNC(=O)CC(C)C1CCCNC1. The Morgan fingerprint density at radius 1 is 1.59 bits per heavy atom. The van der Waals surface area contributed by atoms with Gasteiger partial charge in [0.15, 0.2) is 0 Å². The highest BCUT2D eigenvalue weighted by Crippen LogP contribution is 2.22. The summed E-state index contributed by atoms with van der Waals surface area (Å²) in [5.41, 5.74) is 0. The predicted molar refractivity (Wildman–Crippen MR) is 70.5 cm³/mol. The number of carbonyl (C=O) groups is 1. The van der Waals surface area contributed by atoms with E-state index in [9.17, 15) is 4.79 Å². The Kier molecular flexibility index (Phi) is 6.73. The van der Waals surface area contributed by atoms with Crippen LogP contribution in [0.25, 0.3) is 0 Å². The van der Waals surface area contributed by atoms with E-state index in [1.54, 1.807) is 0 Å². The third kappa shape index (κ3) is 5.74. The second-order valence-corrected chi connectivity index (χ2v) is 4.81. The molecule has 0 aromatic heterocycles. The monoisotopic (exact) mass is 236 g/mol. The second kappa shape index (κ2) is 8.14. The van der Waals surface area contributed by atoms with E-state index in [1.807, 2.05) is 6.92 Å². The lowest BCUT2D eigenvalue weighted by Gasteiger charge is -2.27. The van der Waals surface area contributed by atoms with Gasteiger partial charge in [0.25, 0.3) is 0 Å². The van der Waals surface area contributed by atoms with Gasteiger partial charge in [0.05, 0.1) is 0 Å². The zero-order valence-corrected chi connectivity index (χ0v) is 11.0. The number of hydrogen-bond acceptors (Lipinski definition) is 2. The zero-order chi connectivity index (χ0) is 12.5. The molecule has 96 valence electrons. The van der Waals surface area contributed by atoms with Crippen LogP contribution in [-0.4, -0.2) is 25.5 Å². The van der Waals surface area contributed by atoms with Crippen LogP contribution in [0.4, 0.5) is 0 Å².